The van der Waals surface area contributed by atoms with Crippen molar-refractivity contribution in [1.82, 2.24) is 9.88 Å². The summed E-state index contributed by atoms with van der Waals surface area (Å²) in [5.74, 6) is 5.76. The molecule has 0 saturated carbocycles. The summed E-state index contributed by atoms with van der Waals surface area (Å²) < 4.78 is 0. The lowest BCUT2D eigenvalue weighted by molar-refractivity contribution is 0.0762. The molecule has 0 bridgehead atoms. The molecule has 0 atom stereocenters. The summed E-state index contributed by atoms with van der Waals surface area (Å²) in [6.45, 7) is 2.80. The number of benzene rings is 1. The Morgan fingerprint density at radius 3 is 2.90 bits per heavy atom. The van der Waals surface area contributed by atoms with Crippen LogP contribution in [-0.2, 0) is 0 Å². The number of anilines is 1. The second-order valence-electron chi connectivity index (χ2n) is 4.51. The summed E-state index contributed by atoms with van der Waals surface area (Å²) in [5, 5.41) is 10.4. The minimum absolute atomic E-state index is 0.199. The maximum Gasteiger partial charge on any atom is 0.272 e. The molecule has 21 heavy (non-hydrogen) atoms. The van der Waals surface area contributed by atoms with Gasteiger partial charge in [0.1, 0.15) is 11.5 Å². The molecule has 1 aromatic carbocycles. The molecule has 3 N–H and O–H groups in total. The fourth-order valence-corrected chi connectivity index (χ4v) is 2.17. The van der Waals surface area contributed by atoms with Crippen molar-refractivity contribution in [2.24, 2.45) is 5.84 Å². The molecule has 0 aliphatic heterocycles. The number of amides is 1. The molecule has 108 valence electrons. The first-order valence-corrected chi connectivity index (χ1v) is 6.74. The number of nitriles is 1. The predicted octanol–water partition coefficient (Wildman–Crippen LogP) is 1.90. The number of carbonyl (C=O) groups excluding carboxylic acids is 1. The molecular weight excluding hydrogens is 266 g/mol. The van der Waals surface area contributed by atoms with E-state index in [2.05, 4.69) is 10.4 Å². The fraction of sp³-hybridized carbons (Fsp3) is 0.267. The summed E-state index contributed by atoms with van der Waals surface area (Å²) in [7, 11) is 0. The Morgan fingerprint density at radius 1 is 1.48 bits per heavy atom. The largest absolute Gasteiger partial charge is 0.337 e. The van der Waals surface area contributed by atoms with Crippen LogP contribution in [0.2, 0.25) is 0 Å². The van der Waals surface area contributed by atoms with Crippen LogP contribution in [0.4, 0.5) is 5.82 Å². The minimum Gasteiger partial charge on any atom is -0.337 e. The van der Waals surface area contributed by atoms with Gasteiger partial charge in [-0.15, -0.1) is 0 Å². The van der Waals surface area contributed by atoms with Crippen LogP contribution in [0.15, 0.2) is 30.3 Å². The summed E-state index contributed by atoms with van der Waals surface area (Å²) in [6.07, 6.45) is 0.301. The highest BCUT2D eigenvalue weighted by Crippen LogP contribution is 2.22. The smallest absolute Gasteiger partial charge is 0.272 e. The van der Waals surface area contributed by atoms with Crippen LogP contribution in [-0.4, -0.2) is 28.9 Å². The van der Waals surface area contributed by atoms with E-state index in [-0.39, 0.29) is 5.91 Å². The van der Waals surface area contributed by atoms with Crippen LogP contribution in [0.1, 0.15) is 23.8 Å². The normalized spacial score (nSPS) is 10.1. The first kappa shape index (κ1) is 14.8. The van der Waals surface area contributed by atoms with Gasteiger partial charge in [-0.25, -0.2) is 10.8 Å². The number of nitrogens with zero attached hydrogens (tertiary/aromatic N) is 3. The Balaban J connectivity index is 2.41. The maximum atomic E-state index is 12.5. The SMILES string of the molecule is CCN(CCC#N)C(=O)c1cc2ccccc2c(NN)n1. The number of rotatable bonds is 5. The number of hydrazine groups is 1. The van der Waals surface area contributed by atoms with Crippen LogP contribution >= 0.6 is 0 Å². The molecule has 1 amide bonds. The highest BCUT2D eigenvalue weighted by atomic mass is 16.2. The van der Waals surface area contributed by atoms with E-state index in [9.17, 15) is 4.79 Å². The molecule has 1 aromatic heterocycles. The van der Waals surface area contributed by atoms with Crippen molar-refractivity contribution in [3.05, 3.63) is 36.0 Å². The van der Waals surface area contributed by atoms with Gasteiger partial charge in [0.05, 0.1) is 12.5 Å². The summed E-state index contributed by atoms with van der Waals surface area (Å²) in [6, 6.07) is 11.4. The first-order chi connectivity index (χ1) is 10.2. The lowest BCUT2D eigenvalue weighted by Crippen LogP contribution is -2.32. The minimum atomic E-state index is -0.199. The lowest BCUT2D eigenvalue weighted by Gasteiger charge is -2.19. The number of hydrogen-bond donors (Lipinski definition) is 2. The number of nitrogen functional groups attached to an aromatic ring is 1. The van der Waals surface area contributed by atoms with Crippen molar-refractivity contribution >= 4 is 22.5 Å². The highest BCUT2D eigenvalue weighted by Gasteiger charge is 2.17. The zero-order valence-electron chi connectivity index (χ0n) is 11.8. The first-order valence-electron chi connectivity index (χ1n) is 6.74. The zero-order valence-corrected chi connectivity index (χ0v) is 11.8. The number of pyridine rings is 1. The second-order valence-corrected chi connectivity index (χ2v) is 4.51. The fourth-order valence-electron chi connectivity index (χ4n) is 2.17. The van der Waals surface area contributed by atoms with Crippen LogP contribution in [0.5, 0.6) is 0 Å². The van der Waals surface area contributed by atoms with Gasteiger partial charge in [0.2, 0.25) is 0 Å². The van der Waals surface area contributed by atoms with Gasteiger partial charge in [-0.3, -0.25) is 4.79 Å². The number of carbonyl (C=O) groups is 1. The predicted molar refractivity (Wildman–Crippen MR) is 81.4 cm³/mol. The number of fused-ring (bicyclic) bond motifs is 1. The van der Waals surface area contributed by atoms with Gasteiger partial charge in [-0.1, -0.05) is 24.3 Å². The van der Waals surface area contributed by atoms with E-state index in [0.717, 1.165) is 10.8 Å². The molecule has 0 aliphatic carbocycles. The van der Waals surface area contributed by atoms with Crippen LogP contribution in [0, 0.1) is 11.3 Å². The summed E-state index contributed by atoms with van der Waals surface area (Å²) in [4.78, 5) is 18.4. The molecule has 1 heterocycles. The molecule has 0 fully saturated rings. The van der Waals surface area contributed by atoms with Gasteiger partial charge in [0, 0.05) is 18.5 Å². The molecule has 0 radical (unpaired) electrons. The molecule has 2 aromatic rings. The average Bonchev–Trinajstić information content (AvgIpc) is 2.54. The zero-order chi connectivity index (χ0) is 15.2. The van der Waals surface area contributed by atoms with Crippen molar-refractivity contribution in [3.63, 3.8) is 0 Å². The maximum absolute atomic E-state index is 12.5. The van der Waals surface area contributed by atoms with Crippen molar-refractivity contribution in [2.75, 3.05) is 18.5 Å². The topological polar surface area (TPSA) is 95.0 Å². The van der Waals surface area contributed by atoms with Crippen LogP contribution in [0.25, 0.3) is 10.8 Å². The van der Waals surface area contributed by atoms with Crippen molar-refractivity contribution in [2.45, 2.75) is 13.3 Å². The van der Waals surface area contributed by atoms with Gasteiger partial charge in [-0.05, 0) is 18.4 Å². The van der Waals surface area contributed by atoms with Crippen LogP contribution in [0.3, 0.4) is 0 Å². The van der Waals surface area contributed by atoms with E-state index in [0.29, 0.717) is 31.0 Å². The van der Waals surface area contributed by atoms with E-state index >= 15 is 0 Å². The molecule has 6 nitrogen and oxygen atoms in total. The van der Waals surface area contributed by atoms with Crippen molar-refractivity contribution < 1.29 is 4.79 Å². The number of nitrogens with two attached hydrogens (primary N) is 1. The average molecular weight is 283 g/mol. The molecular formula is C15H17N5O. The summed E-state index contributed by atoms with van der Waals surface area (Å²) >= 11 is 0. The molecule has 0 aliphatic rings. The lowest BCUT2D eigenvalue weighted by atomic mass is 10.1. The third-order valence-corrected chi connectivity index (χ3v) is 3.26. The van der Waals surface area contributed by atoms with Crippen molar-refractivity contribution in [3.8, 4) is 6.07 Å². The number of hydrogen-bond acceptors (Lipinski definition) is 5. The summed E-state index contributed by atoms with van der Waals surface area (Å²) in [5.41, 5.74) is 2.85. The molecule has 6 heteroatoms. The van der Waals surface area contributed by atoms with Gasteiger partial charge < -0.3 is 10.3 Å². The van der Waals surface area contributed by atoms with Gasteiger partial charge in [-0.2, -0.15) is 5.26 Å². The number of aromatic nitrogens is 1. The standard InChI is InChI=1S/C15H17N5O/c1-2-20(9-5-8-16)15(21)13-10-11-6-3-4-7-12(11)14(18-13)19-17/h3-4,6-7,10H,2,5,9,17H2,1H3,(H,18,19). The highest BCUT2D eigenvalue weighted by molar-refractivity contribution is 6.00. The Labute approximate surface area is 123 Å². The van der Waals surface area contributed by atoms with Crippen LogP contribution < -0.4 is 11.3 Å². The quantitative estimate of drug-likeness (QED) is 0.645. The van der Waals surface area contributed by atoms with E-state index in [1.807, 2.05) is 37.3 Å². The Bertz CT molecular complexity index is 692. The van der Waals surface area contributed by atoms with Crippen molar-refractivity contribution in [1.29, 1.82) is 5.26 Å². The van der Waals surface area contributed by atoms with Gasteiger partial charge >= 0.3 is 0 Å². The molecule has 2 rings (SSSR count). The van der Waals surface area contributed by atoms with E-state index < -0.39 is 0 Å². The van der Waals surface area contributed by atoms with Gasteiger partial charge in [0.25, 0.3) is 5.91 Å². The van der Waals surface area contributed by atoms with Gasteiger partial charge in [0.15, 0.2) is 0 Å². The van der Waals surface area contributed by atoms with E-state index in [1.165, 1.54) is 0 Å². The molecule has 0 unspecified atom stereocenters. The number of nitrogens with one attached hydrogen (secondary N) is 1. The molecule has 0 spiro atoms. The monoisotopic (exact) mass is 283 g/mol. The Morgan fingerprint density at radius 2 is 2.24 bits per heavy atom. The Kier molecular flexibility index (Phi) is 4.69. The van der Waals surface area contributed by atoms with E-state index in [4.69, 9.17) is 11.1 Å². The Hall–Kier alpha value is -2.65. The second kappa shape index (κ2) is 6.68. The van der Waals surface area contributed by atoms with E-state index in [1.54, 1.807) is 11.0 Å². The third kappa shape index (κ3) is 3.09. The third-order valence-electron chi connectivity index (χ3n) is 3.26. The molecule has 0 saturated heterocycles.